The fourth-order valence-corrected chi connectivity index (χ4v) is 3.32. The van der Waals surface area contributed by atoms with Gasteiger partial charge in [-0.2, -0.15) is 0 Å². The van der Waals surface area contributed by atoms with E-state index in [1.807, 2.05) is 0 Å². The number of rotatable bonds is 9. The number of aliphatic hydroxyl groups excluding tert-OH is 1. The van der Waals surface area contributed by atoms with Gasteiger partial charge in [-0.1, -0.05) is 81.4 Å². The van der Waals surface area contributed by atoms with Crippen LogP contribution < -0.4 is 0 Å². The molecule has 0 aliphatic rings. The first-order valence-corrected chi connectivity index (χ1v) is 9.08. The van der Waals surface area contributed by atoms with Crippen molar-refractivity contribution in [3.8, 4) is 0 Å². The molecule has 1 heteroatoms. The van der Waals surface area contributed by atoms with Gasteiger partial charge in [0.25, 0.3) is 0 Å². The summed E-state index contributed by atoms with van der Waals surface area (Å²) in [4.78, 5) is 0. The maximum absolute atomic E-state index is 9.37. The van der Waals surface area contributed by atoms with Gasteiger partial charge in [-0.3, -0.25) is 0 Å². The number of aryl methyl sites for hydroxylation is 1. The Balaban J connectivity index is 2.13. The summed E-state index contributed by atoms with van der Waals surface area (Å²) < 4.78 is 0. The van der Waals surface area contributed by atoms with Crippen molar-refractivity contribution in [3.05, 3.63) is 77.7 Å². The molecule has 0 heterocycles. The second-order valence-electron chi connectivity index (χ2n) is 7.39. The Hall–Kier alpha value is -1.60. The first-order chi connectivity index (χ1) is 11.5. The molecule has 0 aromatic heterocycles. The molecule has 0 aliphatic heterocycles. The third kappa shape index (κ3) is 5.21. The summed E-state index contributed by atoms with van der Waals surface area (Å²) in [6, 6.07) is 21.5. The van der Waals surface area contributed by atoms with Crippen molar-refractivity contribution in [2.45, 2.75) is 46.5 Å². The molecule has 2 aromatic rings. The second-order valence-corrected chi connectivity index (χ2v) is 7.39. The zero-order valence-electron chi connectivity index (χ0n) is 15.3. The van der Waals surface area contributed by atoms with Gasteiger partial charge in [-0.15, -0.1) is 0 Å². The summed E-state index contributed by atoms with van der Waals surface area (Å²) in [5.41, 5.74) is 2.89. The maximum atomic E-state index is 9.37. The normalized spacial score (nSPS) is 13.2. The van der Waals surface area contributed by atoms with Crippen LogP contribution in [0.2, 0.25) is 0 Å². The molecule has 24 heavy (non-hydrogen) atoms. The highest BCUT2D eigenvalue weighted by Crippen LogP contribution is 2.42. The van der Waals surface area contributed by atoms with Crippen molar-refractivity contribution in [2.24, 2.45) is 11.3 Å². The molecule has 129 valence electrons. The molecular weight excluding hydrogens is 292 g/mol. The van der Waals surface area contributed by atoms with Crippen molar-refractivity contribution in [1.29, 1.82) is 0 Å². The number of hydrogen-bond acceptors (Lipinski definition) is 1. The topological polar surface area (TPSA) is 20.2 Å². The number of aliphatic hydroxyl groups is 1. The maximum Gasteiger partial charge on any atom is 0.0433 e. The lowest BCUT2D eigenvalue weighted by molar-refractivity contribution is 0.173. The van der Waals surface area contributed by atoms with E-state index in [4.69, 9.17) is 0 Å². The lowest BCUT2D eigenvalue weighted by Crippen LogP contribution is -2.32. The van der Waals surface area contributed by atoms with E-state index in [0.29, 0.717) is 5.92 Å². The first-order valence-electron chi connectivity index (χ1n) is 9.08. The van der Waals surface area contributed by atoms with Crippen LogP contribution in [0.1, 0.15) is 44.7 Å². The summed E-state index contributed by atoms with van der Waals surface area (Å²) in [7, 11) is 0. The third-order valence-electron chi connectivity index (χ3n) is 5.52. The fraction of sp³-hybridized carbons (Fsp3) is 0.435. The van der Waals surface area contributed by atoms with Crippen LogP contribution in [0.15, 0.2) is 60.7 Å². The van der Waals surface area contributed by atoms with E-state index in [-0.39, 0.29) is 12.0 Å². The van der Waals surface area contributed by atoms with E-state index in [9.17, 15) is 5.11 Å². The zero-order chi connectivity index (χ0) is 17.4. The van der Waals surface area contributed by atoms with E-state index in [2.05, 4.69) is 81.4 Å². The molecule has 0 saturated carbocycles. The Morgan fingerprint density at radius 2 is 1.46 bits per heavy atom. The van der Waals surface area contributed by atoms with Crippen molar-refractivity contribution in [1.82, 2.24) is 0 Å². The smallest absolute Gasteiger partial charge is 0.0433 e. The summed E-state index contributed by atoms with van der Waals surface area (Å²) in [5, 5.41) is 9.37. The van der Waals surface area contributed by atoms with Crippen molar-refractivity contribution in [2.75, 3.05) is 6.61 Å². The lowest BCUT2D eigenvalue weighted by atomic mass is 9.65. The fourth-order valence-electron chi connectivity index (χ4n) is 3.32. The first kappa shape index (κ1) is 18.7. The highest BCUT2D eigenvalue weighted by molar-refractivity contribution is 5.23. The van der Waals surface area contributed by atoms with Crippen LogP contribution in [0.25, 0.3) is 0 Å². The SMILES string of the molecule is CC(CCO)C(C)(C)[C](CCc1ccccc1)Cc1ccccc1. The largest absolute Gasteiger partial charge is 0.396 e. The predicted octanol–water partition coefficient (Wildman–Crippen LogP) is 5.48. The molecule has 0 bridgehead atoms. The van der Waals surface area contributed by atoms with Gasteiger partial charge in [0.05, 0.1) is 0 Å². The van der Waals surface area contributed by atoms with Crippen LogP contribution in [0.4, 0.5) is 0 Å². The standard InChI is InChI=1S/C23H31O/c1-19(16-17-24)23(2,3)22(18-21-12-8-5-9-13-21)15-14-20-10-6-4-7-11-20/h4-13,19,24H,14-18H2,1-3H3. The summed E-state index contributed by atoms with van der Waals surface area (Å²) in [6.45, 7) is 7.22. The highest BCUT2D eigenvalue weighted by Gasteiger charge is 2.34. The monoisotopic (exact) mass is 323 g/mol. The molecule has 0 spiro atoms. The average Bonchev–Trinajstić information content (AvgIpc) is 2.60. The number of hydrogen-bond donors (Lipinski definition) is 1. The van der Waals surface area contributed by atoms with Crippen LogP contribution in [0.3, 0.4) is 0 Å². The minimum Gasteiger partial charge on any atom is -0.396 e. The Morgan fingerprint density at radius 3 is 2.00 bits per heavy atom. The lowest BCUT2D eigenvalue weighted by Gasteiger charge is -2.39. The molecule has 2 rings (SSSR count). The Labute approximate surface area is 147 Å². The quantitative estimate of drug-likeness (QED) is 0.648. The minimum atomic E-state index is 0.118. The summed E-state index contributed by atoms with van der Waals surface area (Å²) in [5.74, 6) is 2.05. The van der Waals surface area contributed by atoms with Gasteiger partial charge in [0.15, 0.2) is 0 Å². The Kier molecular flexibility index (Phi) is 7.05. The molecular formula is C23H31O. The van der Waals surface area contributed by atoms with Crippen molar-refractivity contribution < 1.29 is 5.11 Å². The molecule has 0 amide bonds. The van der Waals surface area contributed by atoms with E-state index in [0.717, 1.165) is 25.7 Å². The van der Waals surface area contributed by atoms with Gasteiger partial charge in [0, 0.05) is 6.61 Å². The predicted molar refractivity (Wildman–Crippen MR) is 103 cm³/mol. The van der Waals surface area contributed by atoms with E-state index in [1.54, 1.807) is 5.92 Å². The van der Waals surface area contributed by atoms with Gasteiger partial charge in [-0.05, 0) is 54.1 Å². The van der Waals surface area contributed by atoms with Crippen molar-refractivity contribution >= 4 is 0 Å². The van der Waals surface area contributed by atoms with Crippen LogP contribution in [0.5, 0.6) is 0 Å². The van der Waals surface area contributed by atoms with Gasteiger partial charge in [0.2, 0.25) is 0 Å². The molecule has 0 aliphatic carbocycles. The van der Waals surface area contributed by atoms with Crippen LogP contribution in [-0.2, 0) is 12.8 Å². The Morgan fingerprint density at radius 1 is 0.917 bits per heavy atom. The molecule has 2 aromatic carbocycles. The van der Waals surface area contributed by atoms with Gasteiger partial charge in [-0.25, -0.2) is 0 Å². The van der Waals surface area contributed by atoms with Crippen LogP contribution in [0, 0.1) is 17.3 Å². The molecule has 0 saturated heterocycles. The van der Waals surface area contributed by atoms with Crippen molar-refractivity contribution in [3.63, 3.8) is 0 Å². The molecule has 0 fully saturated rings. The van der Waals surface area contributed by atoms with Gasteiger partial charge in [0.1, 0.15) is 0 Å². The van der Waals surface area contributed by atoms with E-state index < -0.39 is 0 Å². The highest BCUT2D eigenvalue weighted by atomic mass is 16.3. The molecule has 1 radical (unpaired) electrons. The third-order valence-corrected chi connectivity index (χ3v) is 5.52. The molecule has 1 nitrogen and oxygen atoms in total. The van der Waals surface area contributed by atoms with Gasteiger partial charge >= 0.3 is 0 Å². The molecule has 1 N–H and O–H groups in total. The average molecular weight is 324 g/mol. The zero-order valence-corrected chi connectivity index (χ0v) is 15.3. The minimum absolute atomic E-state index is 0.118. The van der Waals surface area contributed by atoms with Gasteiger partial charge < -0.3 is 5.11 Å². The van der Waals surface area contributed by atoms with E-state index in [1.165, 1.54) is 11.1 Å². The van der Waals surface area contributed by atoms with Crippen LogP contribution in [-0.4, -0.2) is 11.7 Å². The number of benzene rings is 2. The summed E-state index contributed by atoms with van der Waals surface area (Å²) in [6.07, 6.45) is 4.06. The molecule has 1 atom stereocenters. The van der Waals surface area contributed by atoms with E-state index >= 15 is 0 Å². The van der Waals surface area contributed by atoms with Crippen LogP contribution >= 0.6 is 0 Å². The second kappa shape index (κ2) is 9.03. The summed E-state index contributed by atoms with van der Waals surface area (Å²) >= 11 is 0. The Bertz CT molecular complexity index is 573. The molecule has 1 unspecified atom stereocenters.